The molecule has 0 spiro atoms. The highest BCUT2D eigenvalue weighted by Gasteiger charge is 2.41. The van der Waals surface area contributed by atoms with Gasteiger partial charge in [0, 0.05) is 28.7 Å². The Morgan fingerprint density at radius 3 is 2.24 bits per heavy atom. The minimum absolute atomic E-state index is 0.192. The zero-order valence-corrected chi connectivity index (χ0v) is 20.7. The summed E-state index contributed by atoms with van der Waals surface area (Å²) in [5.74, 6) is 0. The number of hydrogen-bond donors (Lipinski definition) is 2. The van der Waals surface area contributed by atoms with Crippen LogP contribution in [0.2, 0.25) is 0 Å². The average molecular weight is 492 g/mol. The lowest BCUT2D eigenvalue weighted by Gasteiger charge is -2.27. The first kappa shape index (κ1) is 25.2. The van der Waals surface area contributed by atoms with E-state index in [-0.39, 0.29) is 5.39 Å². The molecule has 0 saturated heterocycles. The summed E-state index contributed by atoms with van der Waals surface area (Å²) in [5.41, 5.74) is 1.93. The van der Waals surface area contributed by atoms with E-state index >= 15 is 0 Å². The highest BCUT2D eigenvalue weighted by Crippen LogP contribution is 2.51. The van der Waals surface area contributed by atoms with E-state index in [1.54, 1.807) is 12.1 Å². The van der Waals surface area contributed by atoms with Crippen LogP contribution in [-0.2, 0) is 25.7 Å². The maximum atomic E-state index is 12.1. The molecule has 1 heterocycles. The third-order valence-electron chi connectivity index (χ3n) is 5.88. The van der Waals surface area contributed by atoms with Gasteiger partial charge in [-0.15, -0.1) is 0 Å². The maximum absolute atomic E-state index is 12.1. The summed E-state index contributed by atoms with van der Waals surface area (Å²) in [4.78, 5) is 1.01. The molecule has 33 heavy (non-hydrogen) atoms. The maximum Gasteiger partial charge on any atom is 0.295 e. The summed E-state index contributed by atoms with van der Waals surface area (Å²) < 4.78 is 67.5. The Balaban J connectivity index is 2.43. The van der Waals surface area contributed by atoms with E-state index in [9.17, 15) is 25.9 Å². The Morgan fingerprint density at radius 2 is 1.67 bits per heavy atom. The highest BCUT2D eigenvalue weighted by atomic mass is 32.2. The summed E-state index contributed by atoms with van der Waals surface area (Å²) in [6.07, 6.45) is 11.6. The quantitative estimate of drug-likeness (QED) is 0.402. The molecule has 0 fully saturated rings. The van der Waals surface area contributed by atoms with Gasteiger partial charge in [0.2, 0.25) is 0 Å². The minimum Gasteiger partial charge on any atom is -0.344 e. The SMILES string of the molecule is C/C=C/C=C/C=C1/N(CCCC)c2ccc3c(S(=O)(=O)O)cc(S(=O)(=O)O)cc3c2C1(C)C. The summed E-state index contributed by atoms with van der Waals surface area (Å²) in [6.45, 7) is 8.71. The first-order valence-corrected chi connectivity index (χ1v) is 13.6. The molecule has 1 aliphatic heterocycles. The number of allylic oxidation sites excluding steroid dienone is 6. The van der Waals surface area contributed by atoms with Crippen LogP contribution in [0.1, 0.15) is 46.1 Å². The molecule has 0 bridgehead atoms. The van der Waals surface area contributed by atoms with Crippen LogP contribution in [0.25, 0.3) is 10.8 Å². The fourth-order valence-electron chi connectivity index (χ4n) is 4.38. The van der Waals surface area contributed by atoms with Gasteiger partial charge in [-0.05, 0) is 48.6 Å². The molecular weight excluding hydrogens is 462 g/mol. The highest BCUT2D eigenvalue weighted by molar-refractivity contribution is 7.86. The second-order valence-corrected chi connectivity index (χ2v) is 11.3. The van der Waals surface area contributed by atoms with Gasteiger partial charge >= 0.3 is 0 Å². The van der Waals surface area contributed by atoms with Gasteiger partial charge < -0.3 is 4.90 Å². The number of hydrogen-bond acceptors (Lipinski definition) is 5. The molecule has 0 aromatic heterocycles. The standard InChI is InChI=1S/C24H29NO6S2/c1-5-7-9-10-11-22-24(3,4)23-19-15-17(32(26,27)28)16-21(33(29,30)31)18(19)12-13-20(23)25(22)14-8-6-2/h5,7,9-13,15-16H,6,8,14H2,1-4H3,(H,26,27,28)(H,29,30,31)/b7-5+,10-9+,22-11+. The van der Waals surface area contributed by atoms with Crippen molar-refractivity contribution in [2.75, 3.05) is 11.4 Å². The van der Waals surface area contributed by atoms with Crippen LogP contribution in [0.5, 0.6) is 0 Å². The Hall–Kier alpha value is -2.46. The van der Waals surface area contributed by atoms with Crippen molar-refractivity contribution in [1.29, 1.82) is 0 Å². The van der Waals surface area contributed by atoms with E-state index in [0.29, 0.717) is 5.39 Å². The molecule has 0 radical (unpaired) electrons. The second-order valence-electron chi connectivity index (χ2n) is 8.52. The average Bonchev–Trinajstić information content (AvgIpc) is 2.93. The predicted molar refractivity (Wildman–Crippen MR) is 131 cm³/mol. The van der Waals surface area contributed by atoms with E-state index in [0.717, 1.165) is 42.4 Å². The van der Waals surface area contributed by atoms with Crippen molar-refractivity contribution >= 4 is 36.7 Å². The van der Waals surface area contributed by atoms with Crippen molar-refractivity contribution in [2.45, 2.75) is 55.7 Å². The first-order valence-electron chi connectivity index (χ1n) is 10.7. The van der Waals surface area contributed by atoms with Crippen molar-refractivity contribution in [3.8, 4) is 0 Å². The number of rotatable bonds is 7. The zero-order valence-electron chi connectivity index (χ0n) is 19.1. The molecule has 3 rings (SSSR count). The van der Waals surface area contributed by atoms with Gasteiger partial charge in [0.1, 0.15) is 4.90 Å². The summed E-state index contributed by atoms with van der Waals surface area (Å²) in [5, 5.41) is 0.542. The third-order valence-corrected chi connectivity index (χ3v) is 7.60. The van der Waals surface area contributed by atoms with Crippen molar-refractivity contribution in [2.24, 2.45) is 0 Å². The second kappa shape index (κ2) is 9.06. The van der Waals surface area contributed by atoms with Crippen LogP contribution < -0.4 is 4.90 Å². The van der Waals surface area contributed by atoms with E-state index in [2.05, 4.69) is 11.8 Å². The summed E-state index contributed by atoms with van der Waals surface area (Å²) in [7, 11) is -9.47. The van der Waals surface area contributed by atoms with Crippen LogP contribution in [0.4, 0.5) is 5.69 Å². The monoisotopic (exact) mass is 491 g/mol. The molecule has 0 atom stereocenters. The van der Waals surface area contributed by atoms with Crippen molar-refractivity contribution in [1.82, 2.24) is 0 Å². The Bertz CT molecular complexity index is 1380. The number of anilines is 1. The van der Waals surface area contributed by atoms with Gasteiger partial charge in [-0.2, -0.15) is 16.8 Å². The lowest BCUT2D eigenvalue weighted by Crippen LogP contribution is -2.27. The van der Waals surface area contributed by atoms with E-state index in [4.69, 9.17) is 0 Å². The Kier molecular flexibility index (Phi) is 6.91. The molecule has 178 valence electrons. The van der Waals surface area contributed by atoms with Crippen LogP contribution in [0, 0.1) is 0 Å². The number of benzene rings is 2. The van der Waals surface area contributed by atoms with Gasteiger partial charge in [-0.25, -0.2) is 0 Å². The van der Waals surface area contributed by atoms with Crippen molar-refractivity contribution in [3.05, 3.63) is 65.9 Å². The van der Waals surface area contributed by atoms with Gasteiger partial charge in [0.15, 0.2) is 0 Å². The van der Waals surface area contributed by atoms with Crippen LogP contribution in [0.3, 0.4) is 0 Å². The zero-order chi connectivity index (χ0) is 24.6. The molecule has 2 aromatic rings. The molecule has 0 aliphatic carbocycles. The molecule has 9 heteroatoms. The lowest BCUT2D eigenvalue weighted by molar-refractivity contribution is 0.482. The fraction of sp³-hybridized carbons (Fsp3) is 0.333. The molecule has 2 aromatic carbocycles. The number of nitrogens with zero attached hydrogens (tertiary/aromatic N) is 1. The topological polar surface area (TPSA) is 112 Å². The largest absolute Gasteiger partial charge is 0.344 e. The Labute approximate surface area is 195 Å². The Morgan fingerprint density at radius 1 is 0.970 bits per heavy atom. The summed E-state index contributed by atoms with van der Waals surface area (Å²) in [6, 6.07) is 5.43. The minimum atomic E-state index is -4.75. The van der Waals surface area contributed by atoms with Crippen LogP contribution in [0.15, 0.2) is 70.1 Å². The molecule has 1 aliphatic rings. The van der Waals surface area contributed by atoms with E-state index < -0.39 is 35.4 Å². The van der Waals surface area contributed by atoms with Crippen molar-refractivity contribution < 1.29 is 25.9 Å². The predicted octanol–water partition coefficient (Wildman–Crippen LogP) is 5.25. The van der Waals surface area contributed by atoms with Crippen LogP contribution in [-0.4, -0.2) is 32.5 Å². The number of fused-ring (bicyclic) bond motifs is 3. The van der Waals surface area contributed by atoms with E-state index in [1.165, 1.54) is 6.07 Å². The van der Waals surface area contributed by atoms with Gasteiger partial charge in [-0.1, -0.05) is 57.6 Å². The van der Waals surface area contributed by atoms with Gasteiger partial charge in [0.05, 0.1) is 4.90 Å². The fourth-order valence-corrected chi connectivity index (χ4v) is 5.72. The lowest BCUT2D eigenvalue weighted by atomic mass is 9.81. The summed E-state index contributed by atoms with van der Waals surface area (Å²) >= 11 is 0. The van der Waals surface area contributed by atoms with Gasteiger partial charge in [-0.3, -0.25) is 9.11 Å². The molecule has 0 saturated carbocycles. The molecule has 0 amide bonds. The van der Waals surface area contributed by atoms with Crippen LogP contribution >= 0.6 is 0 Å². The third kappa shape index (κ3) is 4.77. The normalized spacial score (nSPS) is 17.6. The van der Waals surface area contributed by atoms with Gasteiger partial charge in [0.25, 0.3) is 20.2 Å². The van der Waals surface area contributed by atoms with E-state index in [1.807, 2.05) is 51.2 Å². The smallest absolute Gasteiger partial charge is 0.295 e. The molecule has 2 N–H and O–H groups in total. The van der Waals surface area contributed by atoms with Crippen molar-refractivity contribution in [3.63, 3.8) is 0 Å². The number of unbranched alkanes of at least 4 members (excludes halogenated alkanes) is 1. The molecular formula is C24H29NO6S2. The molecule has 7 nitrogen and oxygen atoms in total. The first-order chi connectivity index (χ1) is 15.3. The molecule has 0 unspecified atom stereocenters.